The van der Waals surface area contributed by atoms with Crippen LogP contribution in [-0.2, 0) is 0 Å². The number of benzene rings is 1. The first-order chi connectivity index (χ1) is 10.5. The quantitative estimate of drug-likeness (QED) is 0.842. The fourth-order valence-electron chi connectivity index (χ4n) is 2.03. The molecule has 0 fully saturated rings. The molecule has 0 spiro atoms. The van der Waals surface area contributed by atoms with Gasteiger partial charge in [0.1, 0.15) is 0 Å². The second-order valence-corrected chi connectivity index (χ2v) is 4.64. The molecular formula is C15H18N2O5. The number of nitrogens with zero attached hydrogens (tertiary/aromatic N) is 2. The van der Waals surface area contributed by atoms with E-state index in [0.717, 1.165) is 0 Å². The van der Waals surface area contributed by atoms with Crippen molar-refractivity contribution in [1.29, 1.82) is 0 Å². The lowest BCUT2D eigenvalue weighted by molar-refractivity contribution is 0.0823. The van der Waals surface area contributed by atoms with E-state index >= 15 is 0 Å². The lowest BCUT2D eigenvalue weighted by atomic mass is 10.1. The normalized spacial score (nSPS) is 10.2. The van der Waals surface area contributed by atoms with Crippen molar-refractivity contribution in [2.45, 2.75) is 0 Å². The van der Waals surface area contributed by atoms with Crippen molar-refractivity contribution in [2.75, 3.05) is 35.4 Å². The maximum Gasteiger partial charge on any atom is 0.275 e. The van der Waals surface area contributed by atoms with Crippen LogP contribution in [0.2, 0.25) is 0 Å². The molecule has 0 aliphatic rings. The summed E-state index contributed by atoms with van der Waals surface area (Å²) in [5.41, 5.74) is 0.830. The van der Waals surface area contributed by atoms with Gasteiger partial charge in [0.15, 0.2) is 29.3 Å². The Bertz CT molecular complexity index is 653. The van der Waals surface area contributed by atoms with Crippen LogP contribution in [0.5, 0.6) is 17.2 Å². The molecule has 7 heteroatoms. The molecule has 1 amide bonds. The molecule has 0 atom stereocenters. The maximum atomic E-state index is 12.1. The Balaban J connectivity index is 2.59. The van der Waals surface area contributed by atoms with Crippen molar-refractivity contribution in [1.82, 2.24) is 9.88 Å². The van der Waals surface area contributed by atoms with Crippen LogP contribution >= 0.6 is 0 Å². The molecule has 0 N–H and O–H groups in total. The zero-order valence-corrected chi connectivity index (χ0v) is 13.2. The number of oxazole rings is 1. The first-order valence-corrected chi connectivity index (χ1v) is 6.49. The van der Waals surface area contributed by atoms with E-state index in [1.165, 1.54) is 32.6 Å². The fraction of sp³-hybridized carbons (Fsp3) is 0.333. The maximum absolute atomic E-state index is 12.1. The van der Waals surface area contributed by atoms with E-state index in [-0.39, 0.29) is 11.6 Å². The summed E-state index contributed by atoms with van der Waals surface area (Å²) in [6.45, 7) is 0. The van der Waals surface area contributed by atoms with E-state index in [0.29, 0.717) is 28.6 Å². The second-order valence-electron chi connectivity index (χ2n) is 4.64. The van der Waals surface area contributed by atoms with Crippen molar-refractivity contribution >= 4 is 5.91 Å². The van der Waals surface area contributed by atoms with Gasteiger partial charge in [0.05, 0.1) is 21.3 Å². The Morgan fingerprint density at radius 2 is 1.68 bits per heavy atom. The lowest BCUT2D eigenvalue weighted by Crippen LogP contribution is -2.22. The van der Waals surface area contributed by atoms with Crippen LogP contribution in [0.25, 0.3) is 11.3 Å². The SMILES string of the molecule is COc1cc(-c2ocnc2C(=O)N(C)C)cc(OC)c1OC. The summed E-state index contributed by atoms with van der Waals surface area (Å²) in [4.78, 5) is 17.6. The van der Waals surface area contributed by atoms with Gasteiger partial charge in [0.2, 0.25) is 5.75 Å². The molecule has 0 radical (unpaired) electrons. The van der Waals surface area contributed by atoms with Crippen LogP contribution in [-0.4, -0.2) is 51.2 Å². The van der Waals surface area contributed by atoms with Gasteiger partial charge in [-0.1, -0.05) is 0 Å². The standard InChI is InChI=1S/C15H18N2O5/c1-17(2)15(18)12-13(22-8-16-12)9-6-10(19-3)14(21-5)11(7-9)20-4/h6-8H,1-5H3. The van der Waals surface area contributed by atoms with Gasteiger partial charge >= 0.3 is 0 Å². The van der Waals surface area contributed by atoms with Crippen LogP contribution in [0.15, 0.2) is 22.9 Å². The summed E-state index contributed by atoms with van der Waals surface area (Å²) in [5.74, 6) is 1.50. The molecule has 2 aromatic rings. The smallest absolute Gasteiger partial charge is 0.275 e. The van der Waals surface area contributed by atoms with E-state index in [9.17, 15) is 4.79 Å². The van der Waals surface area contributed by atoms with Crippen LogP contribution in [0.3, 0.4) is 0 Å². The van der Waals surface area contributed by atoms with Gasteiger partial charge in [0.25, 0.3) is 5.91 Å². The van der Waals surface area contributed by atoms with Gasteiger partial charge < -0.3 is 23.5 Å². The minimum absolute atomic E-state index is 0.222. The molecule has 1 aromatic heterocycles. The summed E-state index contributed by atoms with van der Waals surface area (Å²) in [6.07, 6.45) is 1.23. The molecular weight excluding hydrogens is 288 g/mol. The van der Waals surface area contributed by atoms with E-state index in [4.69, 9.17) is 18.6 Å². The van der Waals surface area contributed by atoms with Crippen molar-refractivity contribution in [2.24, 2.45) is 0 Å². The molecule has 22 heavy (non-hydrogen) atoms. The van der Waals surface area contributed by atoms with E-state index in [2.05, 4.69) is 4.98 Å². The second kappa shape index (κ2) is 6.38. The Hall–Kier alpha value is -2.70. The molecule has 118 valence electrons. The van der Waals surface area contributed by atoms with Gasteiger partial charge in [-0.25, -0.2) is 4.98 Å². The average Bonchev–Trinajstić information content (AvgIpc) is 3.01. The van der Waals surface area contributed by atoms with Gasteiger partial charge in [-0.2, -0.15) is 0 Å². The van der Waals surface area contributed by atoms with Gasteiger partial charge in [-0.15, -0.1) is 0 Å². The molecule has 2 rings (SSSR count). The molecule has 0 unspecified atom stereocenters. The van der Waals surface area contributed by atoms with Crippen LogP contribution < -0.4 is 14.2 Å². The molecule has 0 aliphatic carbocycles. The van der Waals surface area contributed by atoms with Gasteiger partial charge in [-0.3, -0.25) is 4.79 Å². The predicted molar refractivity (Wildman–Crippen MR) is 79.6 cm³/mol. The molecule has 1 heterocycles. The fourth-order valence-corrected chi connectivity index (χ4v) is 2.03. The summed E-state index contributed by atoms with van der Waals surface area (Å²) >= 11 is 0. The highest BCUT2D eigenvalue weighted by molar-refractivity contribution is 5.97. The average molecular weight is 306 g/mol. The van der Waals surface area contributed by atoms with Crippen LogP contribution in [0.4, 0.5) is 0 Å². The molecule has 0 saturated carbocycles. The molecule has 0 saturated heterocycles. The van der Waals surface area contributed by atoms with Crippen LogP contribution in [0.1, 0.15) is 10.5 Å². The number of hydrogen-bond acceptors (Lipinski definition) is 6. The van der Waals surface area contributed by atoms with E-state index in [1.807, 2.05) is 0 Å². The number of rotatable bonds is 5. The first-order valence-electron chi connectivity index (χ1n) is 6.49. The zero-order chi connectivity index (χ0) is 16.3. The highest BCUT2D eigenvalue weighted by Gasteiger charge is 2.22. The Kier molecular flexibility index (Phi) is 4.55. The van der Waals surface area contributed by atoms with Crippen molar-refractivity contribution in [3.05, 3.63) is 24.2 Å². The monoisotopic (exact) mass is 306 g/mol. The van der Waals surface area contributed by atoms with Crippen LogP contribution in [0, 0.1) is 0 Å². The third-order valence-electron chi connectivity index (χ3n) is 3.10. The number of hydrogen-bond donors (Lipinski definition) is 0. The molecule has 1 aromatic carbocycles. The summed E-state index contributed by atoms with van der Waals surface area (Å²) in [6, 6.07) is 3.41. The number of carbonyl (C=O) groups is 1. The Morgan fingerprint density at radius 1 is 1.09 bits per heavy atom. The highest BCUT2D eigenvalue weighted by Crippen LogP contribution is 2.41. The third-order valence-corrected chi connectivity index (χ3v) is 3.10. The van der Waals surface area contributed by atoms with Crippen molar-refractivity contribution in [3.8, 4) is 28.6 Å². The number of aromatic nitrogens is 1. The number of amides is 1. The Labute approximate surface area is 128 Å². The topological polar surface area (TPSA) is 74.0 Å². The number of methoxy groups -OCH3 is 3. The van der Waals surface area contributed by atoms with Gasteiger partial charge in [-0.05, 0) is 12.1 Å². The molecule has 0 aliphatic heterocycles. The number of carbonyl (C=O) groups excluding carboxylic acids is 1. The molecule has 0 bridgehead atoms. The molecule has 7 nitrogen and oxygen atoms in total. The summed E-state index contributed by atoms with van der Waals surface area (Å²) in [7, 11) is 7.86. The van der Waals surface area contributed by atoms with E-state index < -0.39 is 0 Å². The summed E-state index contributed by atoms with van der Waals surface area (Å²) in [5, 5.41) is 0. The number of ether oxygens (including phenoxy) is 3. The third kappa shape index (κ3) is 2.69. The van der Waals surface area contributed by atoms with Gasteiger partial charge in [0, 0.05) is 19.7 Å². The van der Waals surface area contributed by atoms with Crippen molar-refractivity contribution < 1.29 is 23.4 Å². The highest BCUT2D eigenvalue weighted by atomic mass is 16.5. The zero-order valence-electron chi connectivity index (χ0n) is 13.2. The lowest BCUT2D eigenvalue weighted by Gasteiger charge is -2.14. The summed E-state index contributed by atoms with van der Waals surface area (Å²) < 4.78 is 21.3. The predicted octanol–water partition coefficient (Wildman–Crippen LogP) is 2.07. The first kappa shape index (κ1) is 15.7. The minimum Gasteiger partial charge on any atom is -0.493 e. The Morgan fingerprint density at radius 3 is 2.14 bits per heavy atom. The largest absolute Gasteiger partial charge is 0.493 e. The van der Waals surface area contributed by atoms with Crippen molar-refractivity contribution in [3.63, 3.8) is 0 Å². The minimum atomic E-state index is -0.252. The van der Waals surface area contributed by atoms with E-state index in [1.54, 1.807) is 26.2 Å².